The van der Waals surface area contributed by atoms with E-state index in [9.17, 15) is 5.11 Å². The highest BCUT2D eigenvalue weighted by Gasteiger charge is 2.29. The molecule has 1 N–H and O–H groups in total. The molecule has 1 aliphatic rings. The minimum atomic E-state index is -0.501. The molecule has 0 radical (unpaired) electrons. The molecule has 1 aliphatic carbocycles. The van der Waals surface area contributed by atoms with Gasteiger partial charge in [0.05, 0.1) is 5.60 Å². The van der Waals surface area contributed by atoms with Crippen LogP contribution in [0.5, 0.6) is 0 Å². The number of hydrogen-bond acceptors (Lipinski definition) is 2. The summed E-state index contributed by atoms with van der Waals surface area (Å²) >= 11 is 3.36. The van der Waals surface area contributed by atoms with Gasteiger partial charge < -0.3 is 5.11 Å². The van der Waals surface area contributed by atoms with E-state index < -0.39 is 5.60 Å². The lowest BCUT2D eigenvalue weighted by Crippen LogP contribution is -2.34. The predicted molar refractivity (Wildman–Crippen MR) is 63.7 cm³/mol. The van der Waals surface area contributed by atoms with Gasteiger partial charge in [0.15, 0.2) is 0 Å². The Morgan fingerprint density at radius 3 is 2.60 bits per heavy atom. The molecule has 15 heavy (non-hydrogen) atoms. The minimum Gasteiger partial charge on any atom is -0.389 e. The number of pyridine rings is 1. The van der Waals surface area contributed by atoms with E-state index in [-0.39, 0.29) is 0 Å². The maximum absolute atomic E-state index is 10.3. The zero-order valence-electron chi connectivity index (χ0n) is 8.75. The molecule has 1 fully saturated rings. The van der Waals surface area contributed by atoms with E-state index in [2.05, 4.69) is 20.9 Å². The van der Waals surface area contributed by atoms with Crippen LogP contribution in [-0.2, 0) is 6.42 Å². The lowest BCUT2D eigenvalue weighted by molar-refractivity contribution is 0.00367. The van der Waals surface area contributed by atoms with Crippen LogP contribution in [0.25, 0.3) is 0 Å². The average Bonchev–Trinajstić information content (AvgIpc) is 2.22. The fourth-order valence-corrected chi connectivity index (χ4v) is 2.47. The maximum Gasteiger partial charge on any atom is 0.0703 e. The van der Waals surface area contributed by atoms with E-state index in [1.165, 1.54) is 6.42 Å². The minimum absolute atomic E-state index is 0.501. The molecule has 0 saturated heterocycles. The topological polar surface area (TPSA) is 33.1 Å². The Labute approximate surface area is 98.9 Å². The first-order chi connectivity index (χ1) is 7.18. The first-order valence-corrected chi connectivity index (χ1v) is 6.30. The third kappa shape index (κ3) is 3.02. The van der Waals surface area contributed by atoms with Crippen molar-refractivity contribution in [1.82, 2.24) is 4.98 Å². The van der Waals surface area contributed by atoms with E-state index in [1.54, 1.807) is 6.20 Å². The smallest absolute Gasteiger partial charge is 0.0703 e. The summed E-state index contributed by atoms with van der Waals surface area (Å²) in [6.45, 7) is 0. The van der Waals surface area contributed by atoms with Gasteiger partial charge in [-0.25, -0.2) is 0 Å². The van der Waals surface area contributed by atoms with Gasteiger partial charge in [-0.05, 0) is 40.9 Å². The highest BCUT2D eigenvalue weighted by Crippen LogP contribution is 2.30. The van der Waals surface area contributed by atoms with Crippen LogP contribution in [0.2, 0.25) is 0 Å². The summed E-state index contributed by atoms with van der Waals surface area (Å²) in [4.78, 5) is 4.31. The fraction of sp³-hybridized carbons (Fsp3) is 0.583. The van der Waals surface area contributed by atoms with Crippen LogP contribution in [-0.4, -0.2) is 15.7 Å². The second-order valence-electron chi connectivity index (χ2n) is 4.43. The quantitative estimate of drug-likeness (QED) is 0.895. The van der Waals surface area contributed by atoms with Crippen molar-refractivity contribution in [2.24, 2.45) is 0 Å². The van der Waals surface area contributed by atoms with Crippen molar-refractivity contribution in [3.8, 4) is 0 Å². The largest absolute Gasteiger partial charge is 0.389 e. The molecule has 1 aromatic rings. The molecule has 0 atom stereocenters. The van der Waals surface area contributed by atoms with Gasteiger partial charge >= 0.3 is 0 Å². The summed E-state index contributed by atoms with van der Waals surface area (Å²) in [7, 11) is 0. The third-order valence-corrected chi connectivity index (χ3v) is 3.55. The van der Waals surface area contributed by atoms with Gasteiger partial charge in [-0.2, -0.15) is 0 Å². The Morgan fingerprint density at radius 1 is 1.27 bits per heavy atom. The van der Waals surface area contributed by atoms with E-state index >= 15 is 0 Å². The van der Waals surface area contributed by atoms with Crippen LogP contribution in [0, 0.1) is 0 Å². The molecule has 0 aliphatic heterocycles. The molecule has 0 bridgehead atoms. The molecule has 0 aromatic carbocycles. The molecular formula is C12H16BrNO. The summed E-state index contributed by atoms with van der Waals surface area (Å²) in [6.07, 6.45) is 7.88. The summed E-state index contributed by atoms with van der Waals surface area (Å²) in [5.74, 6) is 0. The summed E-state index contributed by atoms with van der Waals surface area (Å²) in [5, 5.41) is 10.3. The van der Waals surface area contributed by atoms with Crippen molar-refractivity contribution in [2.45, 2.75) is 44.1 Å². The zero-order valence-corrected chi connectivity index (χ0v) is 10.3. The van der Waals surface area contributed by atoms with Crippen molar-refractivity contribution in [1.29, 1.82) is 0 Å². The molecule has 0 unspecified atom stereocenters. The van der Waals surface area contributed by atoms with Gasteiger partial charge in [-0.1, -0.05) is 19.3 Å². The van der Waals surface area contributed by atoms with Gasteiger partial charge in [0.25, 0.3) is 0 Å². The molecule has 0 amide bonds. The van der Waals surface area contributed by atoms with Gasteiger partial charge in [0.1, 0.15) is 0 Å². The molecule has 2 nitrogen and oxygen atoms in total. The Morgan fingerprint density at radius 2 is 2.00 bits per heavy atom. The van der Waals surface area contributed by atoms with Crippen LogP contribution in [0.4, 0.5) is 0 Å². The lowest BCUT2D eigenvalue weighted by atomic mass is 9.81. The third-order valence-electron chi connectivity index (χ3n) is 3.08. The Hall–Kier alpha value is -0.410. The highest BCUT2D eigenvalue weighted by molar-refractivity contribution is 9.10. The van der Waals surface area contributed by atoms with Gasteiger partial charge in [0.2, 0.25) is 0 Å². The summed E-state index contributed by atoms with van der Waals surface area (Å²) in [5.41, 5.74) is 0.488. The normalized spacial score (nSPS) is 20.1. The van der Waals surface area contributed by atoms with Crippen molar-refractivity contribution in [3.63, 3.8) is 0 Å². The molecule has 1 aromatic heterocycles. The van der Waals surface area contributed by atoms with Crippen molar-refractivity contribution in [2.75, 3.05) is 0 Å². The first-order valence-electron chi connectivity index (χ1n) is 5.51. The van der Waals surface area contributed by atoms with E-state index in [0.29, 0.717) is 6.42 Å². The SMILES string of the molecule is OC1(Cc2ccc(Br)cn2)CCCCC1. The van der Waals surface area contributed by atoms with Crippen molar-refractivity contribution >= 4 is 15.9 Å². The Balaban J connectivity index is 2.03. The first kappa shape index (κ1) is 11.1. The molecule has 2 rings (SSSR count). The second kappa shape index (κ2) is 4.62. The highest BCUT2D eigenvalue weighted by atomic mass is 79.9. The summed E-state index contributed by atoms with van der Waals surface area (Å²) in [6, 6.07) is 3.96. The monoisotopic (exact) mass is 269 g/mol. The fourth-order valence-electron chi connectivity index (χ4n) is 2.23. The van der Waals surface area contributed by atoms with Crippen molar-refractivity contribution in [3.05, 3.63) is 28.5 Å². The average molecular weight is 270 g/mol. The van der Waals surface area contributed by atoms with Crippen LogP contribution in [0.1, 0.15) is 37.8 Å². The van der Waals surface area contributed by atoms with E-state index in [1.807, 2.05) is 12.1 Å². The number of aliphatic hydroxyl groups is 1. The Kier molecular flexibility index (Phi) is 3.42. The lowest BCUT2D eigenvalue weighted by Gasteiger charge is -2.31. The van der Waals surface area contributed by atoms with E-state index in [0.717, 1.165) is 35.8 Å². The second-order valence-corrected chi connectivity index (χ2v) is 5.35. The van der Waals surface area contributed by atoms with Gasteiger partial charge in [0, 0.05) is 22.8 Å². The number of halogens is 1. The van der Waals surface area contributed by atoms with Crippen LogP contribution < -0.4 is 0 Å². The van der Waals surface area contributed by atoms with Crippen molar-refractivity contribution < 1.29 is 5.11 Å². The van der Waals surface area contributed by atoms with Gasteiger partial charge in [-0.15, -0.1) is 0 Å². The van der Waals surface area contributed by atoms with Gasteiger partial charge in [-0.3, -0.25) is 4.98 Å². The number of rotatable bonds is 2. The number of hydrogen-bond donors (Lipinski definition) is 1. The number of nitrogens with zero attached hydrogens (tertiary/aromatic N) is 1. The number of aromatic nitrogens is 1. The summed E-state index contributed by atoms with van der Waals surface area (Å²) < 4.78 is 0.988. The zero-order chi connectivity index (χ0) is 10.7. The van der Waals surface area contributed by atoms with Crippen LogP contribution >= 0.6 is 15.9 Å². The molecule has 3 heteroatoms. The van der Waals surface area contributed by atoms with Crippen LogP contribution in [0.15, 0.2) is 22.8 Å². The molecule has 0 spiro atoms. The molecule has 1 heterocycles. The van der Waals surface area contributed by atoms with Crippen LogP contribution in [0.3, 0.4) is 0 Å². The Bertz CT molecular complexity index is 317. The maximum atomic E-state index is 10.3. The predicted octanol–water partition coefficient (Wildman–Crippen LogP) is 3.08. The molecular weight excluding hydrogens is 254 g/mol. The van der Waals surface area contributed by atoms with E-state index in [4.69, 9.17) is 0 Å². The standard InChI is InChI=1S/C12H16BrNO/c13-10-4-5-11(14-9-10)8-12(15)6-2-1-3-7-12/h4-5,9,15H,1-3,6-8H2. The molecule has 1 saturated carbocycles. The molecule has 82 valence electrons.